The first-order chi connectivity index (χ1) is 18.8. The average molecular weight is 556 g/mol. The summed E-state index contributed by atoms with van der Waals surface area (Å²) < 4.78 is 37.2. The van der Waals surface area contributed by atoms with Crippen LogP contribution in [0.15, 0.2) is 93.9 Å². The molecule has 0 aliphatic rings. The van der Waals surface area contributed by atoms with Crippen LogP contribution in [0, 0.1) is 20.8 Å². The Morgan fingerprint density at radius 1 is 0.949 bits per heavy atom. The van der Waals surface area contributed by atoms with Crippen LogP contribution in [-0.4, -0.2) is 28.7 Å². The number of rotatable bonds is 8. The fourth-order valence-electron chi connectivity index (χ4n) is 5.30. The van der Waals surface area contributed by atoms with Crippen molar-refractivity contribution in [2.24, 2.45) is 0 Å². The van der Waals surface area contributed by atoms with Crippen LogP contribution in [0.4, 0.5) is 0 Å². The van der Waals surface area contributed by atoms with E-state index in [9.17, 15) is 8.42 Å². The second-order valence-corrected chi connectivity index (χ2v) is 12.7. The van der Waals surface area contributed by atoms with Gasteiger partial charge in [-0.05, 0) is 60.9 Å². The van der Waals surface area contributed by atoms with Crippen LogP contribution >= 0.6 is 11.3 Å². The van der Waals surface area contributed by atoms with Gasteiger partial charge in [0.15, 0.2) is 4.96 Å². The second-order valence-electron chi connectivity index (χ2n) is 9.96. The van der Waals surface area contributed by atoms with E-state index < -0.39 is 10.0 Å². The highest BCUT2D eigenvalue weighted by Gasteiger charge is 2.29. The van der Waals surface area contributed by atoms with Crippen LogP contribution in [0.25, 0.3) is 27.0 Å². The Bertz CT molecular complexity index is 1880. The summed E-state index contributed by atoms with van der Waals surface area (Å²) in [5.74, 6) is 0.609. The Balaban J connectivity index is 1.31. The molecule has 39 heavy (non-hydrogen) atoms. The van der Waals surface area contributed by atoms with Gasteiger partial charge in [0.1, 0.15) is 5.76 Å². The van der Waals surface area contributed by atoms with Gasteiger partial charge < -0.3 is 4.42 Å². The summed E-state index contributed by atoms with van der Waals surface area (Å²) >= 11 is 1.57. The zero-order valence-corrected chi connectivity index (χ0v) is 23.7. The summed E-state index contributed by atoms with van der Waals surface area (Å²) in [6.45, 7) is 6.18. The first kappa shape index (κ1) is 25.6. The zero-order valence-electron chi connectivity index (χ0n) is 22.1. The zero-order chi connectivity index (χ0) is 27.1. The van der Waals surface area contributed by atoms with E-state index in [2.05, 4.69) is 40.1 Å². The Kier molecular flexibility index (Phi) is 6.62. The molecule has 0 saturated heterocycles. The van der Waals surface area contributed by atoms with E-state index in [4.69, 9.17) is 9.40 Å². The minimum atomic E-state index is -3.77. The van der Waals surface area contributed by atoms with Gasteiger partial charge in [0.25, 0.3) is 0 Å². The first-order valence-corrected chi connectivity index (χ1v) is 15.2. The third-order valence-corrected chi connectivity index (χ3v) is 10.1. The molecule has 0 spiro atoms. The van der Waals surface area contributed by atoms with Gasteiger partial charge in [-0.1, -0.05) is 54.1 Å². The lowest BCUT2D eigenvalue weighted by Crippen LogP contribution is -2.33. The highest BCUT2D eigenvalue weighted by molar-refractivity contribution is 7.89. The molecule has 3 aromatic carbocycles. The number of aromatic nitrogens is 2. The van der Waals surface area contributed by atoms with Crippen molar-refractivity contribution in [3.8, 4) is 11.3 Å². The molecule has 0 aliphatic heterocycles. The minimum Gasteiger partial charge on any atom is -0.468 e. The van der Waals surface area contributed by atoms with Crippen LogP contribution in [-0.2, 0) is 23.0 Å². The van der Waals surface area contributed by atoms with Crippen molar-refractivity contribution in [2.45, 2.75) is 38.6 Å². The quantitative estimate of drug-likeness (QED) is 0.200. The molecule has 0 bridgehead atoms. The molecular formula is C31H29N3O3S2. The molecule has 198 valence electrons. The number of thiazole rings is 1. The molecule has 0 aliphatic carbocycles. The van der Waals surface area contributed by atoms with E-state index in [0.717, 1.165) is 38.6 Å². The Morgan fingerprint density at radius 2 is 1.72 bits per heavy atom. The smallest absolute Gasteiger partial charge is 0.244 e. The number of imidazole rings is 1. The molecule has 6 aromatic rings. The number of fused-ring (bicyclic) bond motifs is 2. The van der Waals surface area contributed by atoms with Gasteiger partial charge in [-0.25, -0.2) is 13.4 Å². The maximum atomic E-state index is 14.0. The summed E-state index contributed by atoms with van der Waals surface area (Å²) in [5.41, 5.74) is 5.53. The van der Waals surface area contributed by atoms with Crippen molar-refractivity contribution >= 4 is 37.1 Å². The molecule has 3 aromatic heterocycles. The summed E-state index contributed by atoms with van der Waals surface area (Å²) in [4.78, 5) is 6.12. The number of nitrogens with zero attached hydrogens (tertiary/aromatic N) is 3. The van der Waals surface area contributed by atoms with Gasteiger partial charge in [-0.2, -0.15) is 4.31 Å². The molecule has 0 atom stereocenters. The Morgan fingerprint density at radius 3 is 2.46 bits per heavy atom. The van der Waals surface area contributed by atoms with E-state index in [-0.39, 0.29) is 6.54 Å². The summed E-state index contributed by atoms with van der Waals surface area (Å²) in [6, 6.07) is 22.1. The third kappa shape index (κ3) is 4.91. The van der Waals surface area contributed by atoms with Gasteiger partial charge in [0.2, 0.25) is 10.0 Å². The molecule has 6 nitrogen and oxygen atoms in total. The van der Waals surface area contributed by atoms with Gasteiger partial charge in [-0.3, -0.25) is 4.40 Å². The average Bonchev–Trinajstić information content (AvgIpc) is 3.64. The van der Waals surface area contributed by atoms with Crippen LogP contribution in [0.5, 0.6) is 0 Å². The Hall–Kier alpha value is -3.72. The van der Waals surface area contributed by atoms with Crippen molar-refractivity contribution in [1.29, 1.82) is 0 Å². The van der Waals surface area contributed by atoms with Gasteiger partial charge in [-0.15, -0.1) is 11.3 Å². The van der Waals surface area contributed by atoms with Crippen LogP contribution in [0.3, 0.4) is 0 Å². The lowest BCUT2D eigenvalue weighted by molar-refractivity contribution is 0.364. The van der Waals surface area contributed by atoms with Crippen molar-refractivity contribution in [3.63, 3.8) is 0 Å². The number of sulfonamides is 1. The number of benzene rings is 3. The van der Waals surface area contributed by atoms with Crippen molar-refractivity contribution in [2.75, 3.05) is 6.54 Å². The monoisotopic (exact) mass is 555 g/mol. The van der Waals surface area contributed by atoms with Gasteiger partial charge in [0, 0.05) is 35.8 Å². The van der Waals surface area contributed by atoms with Crippen LogP contribution < -0.4 is 0 Å². The SMILES string of the molecule is Cc1cc(C)c(S(=O)(=O)N(CCc2csc3nc(-c4ccc5ccccc5c4)cn23)Cc2ccco2)c(C)c1. The lowest BCUT2D eigenvalue weighted by atomic mass is 10.1. The number of hydrogen-bond acceptors (Lipinski definition) is 5. The van der Waals surface area contributed by atoms with Crippen molar-refractivity contribution in [3.05, 3.63) is 113 Å². The fourth-order valence-corrected chi connectivity index (χ4v) is 8.03. The standard InChI is InChI=1S/C31H29N3O3S2/c1-21-15-22(2)30(23(3)16-21)39(35,36)33(18-28-9-6-14-37-28)13-12-27-20-38-31-32-29(19-34(27)31)26-11-10-24-7-4-5-8-25(24)17-26/h4-11,14-17,19-20H,12-13,18H2,1-3H3. The molecule has 0 N–H and O–H groups in total. The highest BCUT2D eigenvalue weighted by atomic mass is 32.2. The molecule has 8 heteroatoms. The van der Waals surface area contributed by atoms with E-state index in [1.165, 1.54) is 15.1 Å². The topological polar surface area (TPSA) is 67.8 Å². The maximum absolute atomic E-state index is 14.0. The summed E-state index contributed by atoms with van der Waals surface area (Å²) in [7, 11) is -3.77. The molecular weight excluding hydrogens is 526 g/mol. The van der Waals surface area contributed by atoms with E-state index in [1.807, 2.05) is 57.3 Å². The molecule has 0 amide bonds. The minimum absolute atomic E-state index is 0.168. The van der Waals surface area contributed by atoms with Gasteiger partial charge >= 0.3 is 0 Å². The largest absolute Gasteiger partial charge is 0.468 e. The lowest BCUT2D eigenvalue weighted by Gasteiger charge is -2.23. The number of hydrogen-bond donors (Lipinski definition) is 0. The van der Waals surface area contributed by atoms with Gasteiger partial charge in [0.05, 0.1) is 23.4 Å². The summed E-state index contributed by atoms with van der Waals surface area (Å²) in [6.07, 6.45) is 4.16. The highest BCUT2D eigenvalue weighted by Crippen LogP contribution is 2.29. The van der Waals surface area contributed by atoms with E-state index in [1.54, 1.807) is 23.7 Å². The molecule has 0 fully saturated rings. The van der Waals surface area contributed by atoms with Crippen molar-refractivity contribution < 1.29 is 12.8 Å². The number of furan rings is 1. The van der Waals surface area contributed by atoms with Crippen LogP contribution in [0.1, 0.15) is 28.1 Å². The second kappa shape index (κ2) is 10.1. The molecule has 0 saturated carbocycles. The number of aryl methyl sites for hydroxylation is 3. The Labute approximate surface area is 232 Å². The maximum Gasteiger partial charge on any atom is 0.244 e. The molecule has 3 heterocycles. The van der Waals surface area contributed by atoms with E-state index >= 15 is 0 Å². The molecule has 0 radical (unpaired) electrons. The third-order valence-electron chi connectivity index (χ3n) is 7.06. The first-order valence-electron chi connectivity index (χ1n) is 12.8. The van der Waals surface area contributed by atoms with Crippen molar-refractivity contribution in [1.82, 2.24) is 13.7 Å². The predicted molar refractivity (Wildman–Crippen MR) is 157 cm³/mol. The fraction of sp³-hybridized carbons (Fsp3) is 0.194. The van der Waals surface area contributed by atoms with E-state index in [0.29, 0.717) is 23.6 Å². The van der Waals surface area contributed by atoms with Crippen LogP contribution in [0.2, 0.25) is 0 Å². The molecule has 6 rings (SSSR count). The predicted octanol–water partition coefficient (Wildman–Crippen LogP) is 7.17. The molecule has 0 unspecified atom stereocenters. The summed E-state index contributed by atoms with van der Waals surface area (Å²) in [5, 5.41) is 4.43. The normalized spacial score (nSPS) is 12.2.